The highest BCUT2D eigenvalue weighted by Gasteiger charge is 2.27. The van der Waals surface area contributed by atoms with Crippen LogP contribution in [-0.2, 0) is 7.05 Å². The van der Waals surface area contributed by atoms with Gasteiger partial charge in [0.1, 0.15) is 5.82 Å². The van der Waals surface area contributed by atoms with Crippen molar-refractivity contribution in [1.29, 1.82) is 0 Å². The Morgan fingerprint density at radius 1 is 1.27 bits per heavy atom. The van der Waals surface area contributed by atoms with Gasteiger partial charge in [-0.3, -0.25) is 0 Å². The molecule has 0 bridgehead atoms. The molecule has 2 aromatic rings. The first-order valence-electron chi connectivity index (χ1n) is 8.03. The number of amides is 2. The van der Waals surface area contributed by atoms with Crippen LogP contribution in [0.25, 0.3) is 11.0 Å². The molecule has 3 rings (SSSR count). The van der Waals surface area contributed by atoms with Crippen molar-refractivity contribution in [1.82, 2.24) is 19.8 Å². The smallest absolute Gasteiger partial charge is 0.317 e. The molecule has 0 saturated carbocycles. The SMILES string of the molecule is CC(C)NC(=O)N1CCC(c2nc3ccccc3n2C)CC1. The number of para-hydroxylation sites is 2. The molecule has 1 aromatic heterocycles. The number of fused-ring (bicyclic) bond motifs is 1. The van der Waals surface area contributed by atoms with Crippen LogP contribution in [0.4, 0.5) is 4.79 Å². The number of piperidine rings is 1. The van der Waals surface area contributed by atoms with E-state index in [0.29, 0.717) is 5.92 Å². The standard InChI is InChI=1S/C17H24N4O/c1-12(2)18-17(22)21-10-8-13(9-11-21)16-19-14-6-4-5-7-15(14)20(16)3/h4-7,12-13H,8-11H2,1-3H3,(H,18,22). The summed E-state index contributed by atoms with van der Waals surface area (Å²) < 4.78 is 2.20. The zero-order valence-corrected chi connectivity index (χ0v) is 13.5. The molecule has 0 atom stereocenters. The lowest BCUT2D eigenvalue weighted by molar-refractivity contribution is 0.178. The first-order chi connectivity index (χ1) is 10.6. The largest absolute Gasteiger partial charge is 0.336 e. The Hall–Kier alpha value is -2.04. The number of hydrogen-bond acceptors (Lipinski definition) is 2. The number of benzene rings is 1. The molecule has 1 aromatic carbocycles. The van der Waals surface area contributed by atoms with Gasteiger partial charge >= 0.3 is 6.03 Å². The van der Waals surface area contributed by atoms with E-state index in [1.165, 1.54) is 5.52 Å². The van der Waals surface area contributed by atoms with Gasteiger partial charge in [-0.2, -0.15) is 0 Å². The Morgan fingerprint density at radius 3 is 2.59 bits per heavy atom. The van der Waals surface area contributed by atoms with E-state index in [-0.39, 0.29) is 12.1 Å². The van der Waals surface area contributed by atoms with E-state index < -0.39 is 0 Å². The number of hydrogen-bond donors (Lipinski definition) is 1. The fraction of sp³-hybridized carbons (Fsp3) is 0.529. The average Bonchev–Trinajstić information content (AvgIpc) is 2.84. The van der Waals surface area contributed by atoms with E-state index in [1.54, 1.807) is 0 Å². The van der Waals surface area contributed by atoms with Gasteiger partial charge in [0.25, 0.3) is 0 Å². The molecule has 1 aliphatic rings. The fourth-order valence-corrected chi connectivity index (χ4v) is 3.21. The highest BCUT2D eigenvalue weighted by molar-refractivity contribution is 5.76. The predicted molar refractivity (Wildman–Crippen MR) is 87.9 cm³/mol. The summed E-state index contributed by atoms with van der Waals surface area (Å²) in [5.41, 5.74) is 2.23. The topological polar surface area (TPSA) is 50.2 Å². The second-order valence-corrected chi connectivity index (χ2v) is 6.38. The van der Waals surface area contributed by atoms with Gasteiger partial charge in [0.05, 0.1) is 11.0 Å². The number of carbonyl (C=O) groups excluding carboxylic acids is 1. The average molecular weight is 300 g/mol. The van der Waals surface area contributed by atoms with Gasteiger partial charge in [0, 0.05) is 32.1 Å². The Labute approximate surface area is 131 Å². The lowest BCUT2D eigenvalue weighted by atomic mass is 9.96. The van der Waals surface area contributed by atoms with Crippen LogP contribution in [0.2, 0.25) is 0 Å². The molecule has 2 heterocycles. The minimum Gasteiger partial charge on any atom is -0.336 e. The molecular formula is C17H24N4O. The van der Waals surface area contributed by atoms with Gasteiger partial charge in [0.2, 0.25) is 0 Å². The van der Waals surface area contributed by atoms with Gasteiger partial charge in [-0.15, -0.1) is 0 Å². The van der Waals surface area contributed by atoms with Gasteiger partial charge < -0.3 is 14.8 Å². The summed E-state index contributed by atoms with van der Waals surface area (Å²) in [7, 11) is 2.09. The maximum absolute atomic E-state index is 12.1. The van der Waals surface area contributed by atoms with Crippen LogP contribution in [0.1, 0.15) is 38.4 Å². The van der Waals surface area contributed by atoms with Crippen molar-refractivity contribution < 1.29 is 4.79 Å². The van der Waals surface area contributed by atoms with Crippen LogP contribution >= 0.6 is 0 Å². The number of aryl methyl sites for hydroxylation is 1. The van der Waals surface area contributed by atoms with Crippen molar-refractivity contribution in [3.05, 3.63) is 30.1 Å². The molecule has 1 saturated heterocycles. The van der Waals surface area contributed by atoms with E-state index in [0.717, 1.165) is 37.3 Å². The second kappa shape index (κ2) is 5.99. The molecule has 0 radical (unpaired) electrons. The normalized spacial score (nSPS) is 16.5. The summed E-state index contributed by atoms with van der Waals surface area (Å²) in [6, 6.07) is 8.48. The number of nitrogens with zero attached hydrogens (tertiary/aromatic N) is 3. The van der Waals surface area contributed by atoms with Crippen LogP contribution < -0.4 is 5.32 Å². The van der Waals surface area contributed by atoms with Crippen LogP contribution in [0.5, 0.6) is 0 Å². The van der Waals surface area contributed by atoms with E-state index >= 15 is 0 Å². The molecular weight excluding hydrogens is 276 g/mol. The third-order valence-corrected chi connectivity index (χ3v) is 4.38. The molecule has 5 nitrogen and oxygen atoms in total. The zero-order chi connectivity index (χ0) is 15.7. The third-order valence-electron chi connectivity index (χ3n) is 4.38. The van der Waals surface area contributed by atoms with Crippen molar-refractivity contribution in [2.75, 3.05) is 13.1 Å². The zero-order valence-electron chi connectivity index (χ0n) is 13.5. The quantitative estimate of drug-likeness (QED) is 0.927. The van der Waals surface area contributed by atoms with E-state index in [4.69, 9.17) is 4.98 Å². The van der Waals surface area contributed by atoms with E-state index in [2.05, 4.69) is 29.1 Å². The molecule has 1 N–H and O–H groups in total. The minimum absolute atomic E-state index is 0.0541. The Balaban J connectivity index is 1.70. The summed E-state index contributed by atoms with van der Waals surface area (Å²) >= 11 is 0. The minimum atomic E-state index is 0.0541. The lowest BCUT2D eigenvalue weighted by Crippen LogP contribution is -2.46. The molecule has 5 heteroatoms. The van der Waals surface area contributed by atoms with Gasteiger partial charge in [-0.25, -0.2) is 9.78 Å². The second-order valence-electron chi connectivity index (χ2n) is 6.38. The molecule has 1 fully saturated rings. The van der Waals surface area contributed by atoms with Crippen LogP contribution in [0.3, 0.4) is 0 Å². The summed E-state index contributed by atoms with van der Waals surface area (Å²) in [6.45, 7) is 5.58. The summed E-state index contributed by atoms with van der Waals surface area (Å²) in [5, 5.41) is 2.97. The van der Waals surface area contributed by atoms with Crippen molar-refractivity contribution >= 4 is 17.1 Å². The van der Waals surface area contributed by atoms with E-state index in [1.807, 2.05) is 30.9 Å². The van der Waals surface area contributed by atoms with Crippen LogP contribution in [0, 0.1) is 0 Å². The number of likely N-dealkylation sites (tertiary alicyclic amines) is 1. The third kappa shape index (κ3) is 2.80. The fourth-order valence-electron chi connectivity index (χ4n) is 3.21. The predicted octanol–water partition coefficient (Wildman–Crippen LogP) is 2.87. The monoisotopic (exact) mass is 300 g/mol. The van der Waals surface area contributed by atoms with Crippen LogP contribution in [-0.4, -0.2) is 39.6 Å². The van der Waals surface area contributed by atoms with Crippen molar-refractivity contribution in [3.8, 4) is 0 Å². The highest BCUT2D eigenvalue weighted by atomic mass is 16.2. The number of carbonyl (C=O) groups is 1. The Kier molecular flexibility index (Phi) is 4.05. The molecule has 118 valence electrons. The van der Waals surface area contributed by atoms with Crippen molar-refractivity contribution in [3.63, 3.8) is 0 Å². The number of nitrogens with one attached hydrogen (secondary N) is 1. The van der Waals surface area contributed by atoms with Crippen LogP contribution in [0.15, 0.2) is 24.3 Å². The number of urea groups is 1. The first kappa shape index (κ1) is 14.9. The Morgan fingerprint density at radius 2 is 1.95 bits per heavy atom. The van der Waals surface area contributed by atoms with Gasteiger partial charge in [0.15, 0.2) is 0 Å². The van der Waals surface area contributed by atoms with Crippen molar-refractivity contribution in [2.24, 2.45) is 7.05 Å². The molecule has 0 aliphatic carbocycles. The maximum atomic E-state index is 12.1. The first-order valence-corrected chi connectivity index (χ1v) is 8.03. The molecule has 2 amide bonds. The number of aromatic nitrogens is 2. The molecule has 0 spiro atoms. The maximum Gasteiger partial charge on any atom is 0.317 e. The van der Waals surface area contributed by atoms with E-state index in [9.17, 15) is 4.79 Å². The molecule has 0 unspecified atom stereocenters. The van der Waals surface area contributed by atoms with Crippen molar-refractivity contribution in [2.45, 2.75) is 38.6 Å². The molecule has 1 aliphatic heterocycles. The van der Waals surface area contributed by atoms with Gasteiger partial charge in [-0.1, -0.05) is 12.1 Å². The lowest BCUT2D eigenvalue weighted by Gasteiger charge is -2.32. The Bertz CT molecular complexity index is 668. The summed E-state index contributed by atoms with van der Waals surface area (Å²) in [6.07, 6.45) is 1.95. The summed E-state index contributed by atoms with van der Waals surface area (Å²) in [4.78, 5) is 18.8. The number of imidazole rings is 1. The van der Waals surface area contributed by atoms with Gasteiger partial charge in [-0.05, 0) is 38.8 Å². The molecule has 22 heavy (non-hydrogen) atoms. The summed E-state index contributed by atoms with van der Waals surface area (Å²) in [5.74, 6) is 1.57. The highest BCUT2D eigenvalue weighted by Crippen LogP contribution is 2.29. The number of rotatable bonds is 2.